The lowest BCUT2D eigenvalue weighted by molar-refractivity contribution is -0.137. The summed E-state index contributed by atoms with van der Waals surface area (Å²) in [7, 11) is -3.29. The van der Waals surface area contributed by atoms with Crippen molar-refractivity contribution in [2.24, 2.45) is 0 Å². The minimum atomic E-state index is -3.29. The SMILES string of the molecule is CS(=O)(=O)c1ccc(-c2cccc3nc(Nc4ccc(N5CCN(C(=O)CCCCCCOc6ccc7c(c6)C(=O)N(C6CCC(=O)NC6=O)C7)CC5)cc4)nn23)cc1. The number of imide groups is 1. The summed E-state index contributed by atoms with van der Waals surface area (Å²) in [6.45, 7) is 3.69. The molecule has 2 saturated heterocycles. The van der Waals surface area contributed by atoms with Crippen LogP contribution < -0.4 is 20.3 Å². The number of anilines is 3. The van der Waals surface area contributed by atoms with Gasteiger partial charge in [-0.1, -0.05) is 37.1 Å². The maximum absolute atomic E-state index is 13.1. The van der Waals surface area contributed by atoms with Crippen LogP contribution in [0, 0.1) is 0 Å². The van der Waals surface area contributed by atoms with Crippen molar-refractivity contribution in [1.29, 1.82) is 0 Å². The molecule has 306 valence electrons. The van der Waals surface area contributed by atoms with Crippen molar-refractivity contribution in [3.8, 4) is 17.0 Å². The number of unbranched alkanes of at least 4 members (excludes halogenated alkanes) is 3. The molecule has 59 heavy (non-hydrogen) atoms. The van der Waals surface area contributed by atoms with Crippen LogP contribution in [0.25, 0.3) is 16.9 Å². The Morgan fingerprint density at radius 2 is 1.66 bits per heavy atom. The van der Waals surface area contributed by atoms with Crippen LogP contribution in [0.5, 0.6) is 5.75 Å². The lowest BCUT2D eigenvalue weighted by atomic mass is 10.0. The molecule has 5 heterocycles. The van der Waals surface area contributed by atoms with E-state index in [4.69, 9.17) is 4.74 Å². The van der Waals surface area contributed by atoms with E-state index in [1.54, 1.807) is 34.8 Å². The minimum absolute atomic E-state index is 0.184. The number of benzene rings is 3. The number of ether oxygens (including phenoxy) is 1. The number of rotatable bonds is 14. The second-order valence-electron chi connectivity index (χ2n) is 15.2. The zero-order chi connectivity index (χ0) is 41.1. The standard InChI is InChI=1S/C43H46N8O7S/c1-59(56,57)34-18-11-29(12-19-34)36-7-6-8-38-45-43(47-51(36)38)44-31-13-15-32(16-14-31)48-22-24-49(25-23-48)40(53)9-4-2-3-5-26-58-33-17-10-30-28-50(42(55)35(30)27-33)37-20-21-39(52)46-41(37)54/h6-8,10-19,27,37H,2-5,9,20-26,28H2,1H3,(H,44,47)(H,46,52,54). The van der Waals surface area contributed by atoms with E-state index in [-0.39, 0.29) is 29.0 Å². The van der Waals surface area contributed by atoms with E-state index in [9.17, 15) is 27.6 Å². The Labute approximate surface area is 342 Å². The lowest BCUT2D eigenvalue weighted by Gasteiger charge is -2.36. The molecule has 0 radical (unpaired) electrons. The van der Waals surface area contributed by atoms with E-state index in [2.05, 4.69) is 37.7 Å². The van der Waals surface area contributed by atoms with Gasteiger partial charge in [-0.15, -0.1) is 5.10 Å². The van der Waals surface area contributed by atoms with Crippen LogP contribution in [0.1, 0.15) is 60.9 Å². The zero-order valence-corrected chi connectivity index (χ0v) is 33.6. The molecular formula is C43H46N8O7S. The number of carbonyl (C=O) groups excluding carboxylic acids is 4. The summed E-state index contributed by atoms with van der Waals surface area (Å²) in [5.74, 6) is 0.286. The fraction of sp³-hybridized carbons (Fsp3) is 0.349. The van der Waals surface area contributed by atoms with Crippen LogP contribution in [-0.2, 0) is 30.8 Å². The number of piperidine rings is 1. The van der Waals surface area contributed by atoms with Crippen molar-refractivity contribution in [2.45, 2.75) is 62.4 Å². The van der Waals surface area contributed by atoms with Crippen molar-refractivity contribution in [1.82, 2.24) is 29.7 Å². The Bertz CT molecular complexity index is 2500. The smallest absolute Gasteiger partial charge is 0.255 e. The molecular weight excluding hydrogens is 773 g/mol. The summed E-state index contributed by atoms with van der Waals surface area (Å²) in [4.78, 5) is 60.6. The predicted octanol–water partition coefficient (Wildman–Crippen LogP) is 4.98. The Morgan fingerprint density at radius 3 is 2.41 bits per heavy atom. The second-order valence-corrected chi connectivity index (χ2v) is 17.2. The Kier molecular flexibility index (Phi) is 11.3. The molecule has 0 bridgehead atoms. The molecule has 2 aromatic heterocycles. The number of nitrogens with zero attached hydrogens (tertiary/aromatic N) is 6. The molecule has 0 spiro atoms. The van der Waals surface area contributed by atoms with Gasteiger partial charge in [-0.25, -0.2) is 12.9 Å². The van der Waals surface area contributed by atoms with Crippen LogP contribution in [0.2, 0.25) is 0 Å². The van der Waals surface area contributed by atoms with E-state index in [0.29, 0.717) is 62.0 Å². The first-order valence-corrected chi connectivity index (χ1v) is 21.9. The quantitative estimate of drug-likeness (QED) is 0.114. The third kappa shape index (κ3) is 8.92. The highest BCUT2D eigenvalue weighted by atomic mass is 32.2. The first-order chi connectivity index (χ1) is 28.5. The fourth-order valence-corrected chi connectivity index (χ4v) is 8.48. The third-order valence-electron chi connectivity index (χ3n) is 11.1. The molecule has 2 N–H and O–H groups in total. The van der Waals surface area contributed by atoms with Crippen molar-refractivity contribution in [3.63, 3.8) is 0 Å². The molecule has 2 fully saturated rings. The number of carbonyl (C=O) groups is 4. The van der Waals surface area contributed by atoms with Gasteiger partial charge in [-0.2, -0.15) is 4.98 Å². The molecule has 0 aliphatic carbocycles. The van der Waals surface area contributed by atoms with Crippen LogP contribution in [0.4, 0.5) is 17.3 Å². The van der Waals surface area contributed by atoms with Crippen LogP contribution >= 0.6 is 0 Å². The highest BCUT2D eigenvalue weighted by Crippen LogP contribution is 2.31. The Morgan fingerprint density at radius 1 is 0.898 bits per heavy atom. The van der Waals surface area contributed by atoms with Gasteiger partial charge in [0.05, 0.1) is 17.2 Å². The minimum Gasteiger partial charge on any atom is -0.494 e. The number of amides is 4. The lowest BCUT2D eigenvalue weighted by Crippen LogP contribution is -2.52. The number of nitrogens with one attached hydrogen (secondary N) is 2. The first-order valence-electron chi connectivity index (χ1n) is 20.0. The molecule has 1 atom stereocenters. The van der Waals surface area contributed by atoms with E-state index in [1.807, 2.05) is 47.4 Å². The van der Waals surface area contributed by atoms with Gasteiger partial charge in [0, 0.05) is 74.3 Å². The van der Waals surface area contributed by atoms with Gasteiger partial charge in [-0.3, -0.25) is 24.5 Å². The summed E-state index contributed by atoms with van der Waals surface area (Å²) in [6.07, 6.45) is 5.76. The molecule has 3 aromatic carbocycles. The number of sulfone groups is 1. The van der Waals surface area contributed by atoms with Crippen molar-refractivity contribution in [2.75, 3.05) is 49.3 Å². The largest absolute Gasteiger partial charge is 0.494 e. The normalized spacial score (nSPS) is 17.0. The van der Waals surface area contributed by atoms with Crippen molar-refractivity contribution in [3.05, 3.63) is 96.1 Å². The van der Waals surface area contributed by atoms with Gasteiger partial charge in [0.25, 0.3) is 5.91 Å². The zero-order valence-electron chi connectivity index (χ0n) is 32.8. The molecule has 15 nitrogen and oxygen atoms in total. The molecule has 0 saturated carbocycles. The van der Waals surface area contributed by atoms with Crippen LogP contribution in [0.15, 0.2) is 89.8 Å². The van der Waals surface area contributed by atoms with Crippen molar-refractivity contribution < 1.29 is 32.3 Å². The average molecular weight is 819 g/mol. The molecule has 16 heteroatoms. The second kappa shape index (κ2) is 16.9. The van der Waals surface area contributed by atoms with Crippen LogP contribution in [0.3, 0.4) is 0 Å². The highest BCUT2D eigenvalue weighted by Gasteiger charge is 2.39. The Hall–Kier alpha value is -6.29. The predicted molar refractivity (Wildman–Crippen MR) is 221 cm³/mol. The monoisotopic (exact) mass is 818 g/mol. The summed E-state index contributed by atoms with van der Waals surface area (Å²) < 4.78 is 31.5. The number of piperazine rings is 1. The van der Waals surface area contributed by atoms with Gasteiger partial charge in [0.15, 0.2) is 15.5 Å². The van der Waals surface area contributed by atoms with Gasteiger partial charge >= 0.3 is 0 Å². The highest BCUT2D eigenvalue weighted by molar-refractivity contribution is 7.90. The fourth-order valence-electron chi connectivity index (χ4n) is 7.85. The summed E-state index contributed by atoms with van der Waals surface area (Å²) in [5, 5.41) is 10.3. The van der Waals surface area contributed by atoms with Crippen LogP contribution in [-0.4, -0.2) is 102 Å². The average Bonchev–Trinajstić information content (AvgIpc) is 3.80. The van der Waals surface area contributed by atoms with Gasteiger partial charge in [0.2, 0.25) is 23.7 Å². The first kappa shape index (κ1) is 39.5. The number of hydrogen-bond donors (Lipinski definition) is 2. The molecule has 3 aliphatic rings. The Balaban J connectivity index is 0.735. The molecule has 8 rings (SSSR count). The molecule has 4 amide bonds. The number of hydrogen-bond acceptors (Lipinski definition) is 11. The van der Waals surface area contributed by atoms with E-state index < -0.39 is 21.8 Å². The summed E-state index contributed by atoms with van der Waals surface area (Å²) >= 11 is 0. The van der Waals surface area contributed by atoms with E-state index in [0.717, 1.165) is 67.0 Å². The number of aromatic nitrogens is 3. The summed E-state index contributed by atoms with van der Waals surface area (Å²) in [6, 6.07) is 25.3. The maximum Gasteiger partial charge on any atom is 0.255 e. The number of fused-ring (bicyclic) bond motifs is 2. The third-order valence-corrected chi connectivity index (χ3v) is 12.2. The van der Waals surface area contributed by atoms with Gasteiger partial charge < -0.3 is 24.8 Å². The summed E-state index contributed by atoms with van der Waals surface area (Å²) in [5.41, 5.74) is 5.56. The number of pyridine rings is 1. The topological polar surface area (TPSA) is 176 Å². The molecule has 5 aromatic rings. The molecule has 1 unspecified atom stereocenters. The maximum atomic E-state index is 13.1. The van der Waals surface area contributed by atoms with Gasteiger partial charge in [-0.05, 0) is 85.5 Å². The van der Waals surface area contributed by atoms with E-state index >= 15 is 0 Å². The molecule has 3 aliphatic heterocycles. The van der Waals surface area contributed by atoms with Crippen molar-refractivity contribution >= 4 is 56.4 Å². The van der Waals surface area contributed by atoms with Gasteiger partial charge in [0.1, 0.15) is 11.8 Å². The van der Waals surface area contributed by atoms with E-state index in [1.165, 1.54) is 11.2 Å².